The number of carbonyl (C=O) groups is 1. The van der Waals surface area contributed by atoms with Crippen molar-refractivity contribution in [2.24, 2.45) is 0 Å². The Morgan fingerprint density at radius 3 is 1.86 bits per heavy atom. The van der Waals surface area contributed by atoms with Crippen molar-refractivity contribution in [2.45, 2.75) is 83.5 Å². The standard InChI is InChI=1S/C15H30O6S/c1-3-4-5-6-7-8-9-10-11-12-13-20-15(16)21-14(2)22(17,18)19/h14H,3-13H2,1-2H3,(H,17,18,19). The number of rotatable bonds is 13. The summed E-state index contributed by atoms with van der Waals surface area (Å²) in [5, 5.41) is 0. The maximum atomic E-state index is 11.1. The van der Waals surface area contributed by atoms with Crippen LogP contribution in [-0.4, -0.2) is 31.2 Å². The maximum absolute atomic E-state index is 11.1. The van der Waals surface area contributed by atoms with Gasteiger partial charge in [-0.05, 0) is 13.3 Å². The molecule has 0 aliphatic rings. The summed E-state index contributed by atoms with van der Waals surface area (Å²) in [5.41, 5.74) is -1.60. The third kappa shape index (κ3) is 12.9. The fourth-order valence-corrected chi connectivity index (χ4v) is 2.18. The van der Waals surface area contributed by atoms with Crippen LogP contribution in [0.25, 0.3) is 0 Å². The van der Waals surface area contributed by atoms with E-state index < -0.39 is 21.7 Å². The van der Waals surface area contributed by atoms with Gasteiger partial charge in [0.15, 0.2) is 0 Å². The molecule has 0 fully saturated rings. The number of carbonyl (C=O) groups excluding carboxylic acids is 1. The van der Waals surface area contributed by atoms with Crippen molar-refractivity contribution in [3.05, 3.63) is 0 Å². The summed E-state index contributed by atoms with van der Waals surface area (Å²) in [5.74, 6) is 0. The molecular formula is C15H30O6S. The summed E-state index contributed by atoms with van der Waals surface area (Å²) < 4.78 is 39.1. The van der Waals surface area contributed by atoms with Crippen LogP contribution in [0.1, 0.15) is 78.1 Å². The molecule has 1 N–H and O–H groups in total. The summed E-state index contributed by atoms with van der Waals surface area (Å²) in [6, 6.07) is 0. The van der Waals surface area contributed by atoms with Crippen LogP contribution in [0.3, 0.4) is 0 Å². The zero-order valence-electron chi connectivity index (χ0n) is 13.8. The monoisotopic (exact) mass is 338 g/mol. The van der Waals surface area contributed by atoms with E-state index >= 15 is 0 Å². The minimum Gasteiger partial charge on any atom is -0.434 e. The van der Waals surface area contributed by atoms with Crippen LogP contribution in [0.15, 0.2) is 0 Å². The molecule has 7 heteroatoms. The van der Waals surface area contributed by atoms with Gasteiger partial charge >= 0.3 is 16.3 Å². The van der Waals surface area contributed by atoms with E-state index in [0.717, 1.165) is 26.2 Å². The van der Waals surface area contributed by atoms with Crippen molar-refractivity contribution in [1.82, 2.24) is 0 Å². The SMILES string of the molecule is CCCCCCCCCCCCOC(=O)OC(C)S(=O)(=O)O. The average Bonchev–Trinajstić information content (AvgIpc) is 2.43. The van der Waals surface area contributed by atoms with Crippen LogP contribution < -0.4 is 0 Å². The van der Waals surface area contributed by atoms with E-state index in [9.17, 15) is 13.2 Å². The molecule has 0 radical (unpaired) electrons. The van der Waals surface area contributed by atoms with E-state index in [1.165, 1.54) is 44.9 Å². The molecule has 0 amide bonds. The van der Waals surface area contributed by atoms with E-state index in [4.69, 9.17) is 9.29 Å². The minimum atomic E-state index is -4.38. The molecule has 1 atom stereocenters. The third-order valence-corrected chi connectivity index (χ3v) is 4.33. The molecule has 0 aliphatic heterocycles. The third-order valence-electron chi connectivity index (χ3n) is 3.40. The fourth-order valence-electron chi connectivity index (χ4n) is 1.98. The van der Waals surface area contributed by atoms with Crippen LogP contribution in [-0.2, 0) is 19.6 Å². The quantitative estimate of drug-likeness (QED) is 0.306. The largest absolute Gasteiger partial charge is 0.509 e. The predicted molar refractivity (Wildman–Crippen MR) is 85.3 cm³/mol. The van der Waals surface area contributed by atoms with Crippen LogP contribution in [0.4, 0.5) is 4.79 Å². The molecule has 6 nitrogen and oxygen atoms in total. The zero-order chi connectivity index (χ0) is 16.8. The van der Waals surface area contributed by atoms with Gasteiger partial charge in [0, 0.05) is 0 Å². The number of hydrogen-bond acceptors (Lipinski definition) is 5. The number of ether oxygens (including phenoxy) is 2. The number of hydrogen-bond donors (Lipinski definition) is 1. The van der Waals surface area contributed by atoms with E-state index in [-0.39, 0.29) is 6.61 Å². The summed E-state index contributed by atoms with van der Waals surface area (Å²) >= 11 is 0. The van der Waals surface area contributed by atoms with Crippen LogP contribution >= 0.6 is 0 Å². The molecule has 0 heterocycles. The lowest BCUT2D eigenvalue weighted by Gasteiger charge is -2.10. The maximum Gasteiger partial charge on any atom is 0.509 e. The second kappa shape index (κ2) is 12.7. The van der Waals surface area contributed by atoms with E-state index in [2.05, 4.69) is 11.7 Å². The van der Waals surface area contributed by atoms with Gasteiger partial charge < -0.3 is 9.47 Å². The first-order valence-electron chi connectivity index (χ1n) is 8.17. The first kappa shape index (κ1) is 21.2. The van der Waals surface area contributed by atoms with Gasteiger partial charge in [0.1, 0.15) is 0 Å². The molecule has 0 spiro atoms. The first-order chi connectivity index (χ1) is 10.4. The van der Waals surface area contributed by atoms with Crippen molar-refractivity contribution >= 4 is 16.3 Å². The van der Waals surface area contributed by atoms with Crippen LogP contribution in [0.2, 0.25) is 0 Å². The Morgan fingerprint density at radius 1 is 0.955 bits per heavy atom. The van der Waals surface area contributed by atoms with Gasteiger partial charge in [-0.2, -0.15) is 8.42 Å². The second-order valence-electron chi connectivity index (χ2n) is 5.48. The topological polar surface area (TPSA) is 89.9 Å². The smallest absolute Gasteiger partial charge is 0.434 e. The lowest BCUT2D eigenvalue weighted by molar-refractivity contribution is 0.0459. The Kier molecular flexibility index (Phi) is 12.2. The molecule has 0 rings (SSSR count). The van der Waals surface area contributed by atoms with Gasteiger partial charge in [0.25, 0.3) is 0 Å². The summed E-state index contributed by atoms with van der Waals surface area (Å²) in [4.78, 5) is 11.1. The van der Waals surface area contributed by atoms with E-state index in [0.29, 0.717) is 0 Å². The van der Waals surface area contributed by atoms with Crippen molar-refractivity contribution in [3.8, 4) is 0 Å². The number of unbranched alkanes of at least 4 members (excludes halogenated alkanes) is 9. The lowest BCUT2D eigenvalue weighted by Crippen LogP contribution is -2.24. The lowest BCUT2D eigenvalue weighted by atomic mass is 10.1. The molecule has 0 aromatic carbocycles. The molecule has 0 bridgehead atoms. The highest BCUT2D eigenvalue weighted by Gasteiger charge is 2.22. The van der Waals surface area contributed by atoms with Gasteiger partial charge in [-0.3, -0.25) is 4.55 Å². The van der Waals surface area contributed by atoms with Crippen molar-refractivity contribution in [2.75, 3.05) is 6.61 Å². The van der Waals surface area contributed by atoms with Gasteiger partial charge in [-0.1, -0.05) is 64.7 Å². The van der Waals surface area contributed by atoms with E-state index in [1.54, 1.807) is 0 Å². The Balaban J connectivity index is 3.37. The normalized spacial score (nSPS) is 12.9. The summed E-state index contributed by atoms with van der Waals surface area (Å²) in [6.07, 6.45) is 10.7. The minimum absolute atomic E-state index is 0.202. The molecule has 22 heavy (non-hydrogen) atoms. The average molecular weight is 338 g/mol. The molecule has 0 saturated carbocycles. The van der Waals surface area contributed by atoms with Crippen molar-refractivity contribution in [1.29, 1.82) is 0 Å². The second-order valence-corrected chi connectivity index (χ2v) is 7.17. The van der Waals surface area contributed by atoms with Crippen LogP contribution in [0.5, 0.6) is 0 Å². The predicted octanol–water partition coefficient (Wildman–Crippen LogP) is 4.29. The Labute approximate surface area is 134 Å². The van der Waals surface area contributed by atoms with Gasteiger partial charge in [0.2, 0.25) is 5.44 Å². The summed E-state index contributed by atoms with van der Waals surface area (Å²) in [7, 11) is -4.38. The first-order valence-corrected chi connectivity index (χ1v) is 9.68. The Bertz CT molecular complexity index is 379. The highest BCUT2D eigenvalue weighted by atomic mass is 32.2. The molecular weight excluding hydrogens is 308 g/mol. The van der Waals surface area contributed by atoms with Crippen molar-refractivity contribution in [3.63, 3.8) is 0 Å². The van der Waals surface area contributed by atoms with Gasteiger partial charge in [0.05, 0.1) is 6.61 Å². The highest BCUT2D eigenvalue weighted by Crippen LogP contribution is 2.10. The zero-order valence-corrected chi connectivity index (χ0v) is 14.6. The fraction of sp³-hybridized carbons (Fsp3) is 0.933. The highest BCUT2D eigenvalue weighted by molar-refractivity contribution is 7.86. The van der Waals surface area contributed by atoms with Crippen LogP contribution in [0, 0.1) is 0 Å². The Hall–Kier alpha value is -0.820. The molecule has 1 unspecified atom stereocenters. The molecule has 0 aromatic heterocycles. The molecule has 0 aromatic rings. The molecule has 0 aliphatic carbocycles. The Morgan fingerprint density at radius 2 is 1.41 bits per heavy atom. The van der Waals surface area contributed by atoms with Gasteiger partial charge in [-0.25, -0.2) is 4.79 Å². The molecule has 132 valence electrons. The molecule has 0 saturated heterocycles. The van der Waals surface area contributed by atoms with Gasteiger partial charge in [-0.15, -0.1) is 0 Å². The van der Waals surface area contributed by atoms with Crippen molar-refractivity contribution < 1.29 is 27.2 Å². The summed E-state index contributed by atoms with van der Waals surface area (Å²) in [6.45, 7) is 3.48. The van der Waals surface area contributed by atoms with E-state index in [1.807, 2.05) is 0 Å².